The highest BCUT2D eigenvalue weighted by molar-refractivity contribution is 5.27. The largest absolute Gasteiger partial charge is 0.319 e. The Morgan fingerprint density at radius 2 is 1.94 bits per heavy atom. The maximum Gasteiger partial charge on any atom is 0.159 e. The first-order chi connectivity index (χ1) is 7.68. The van der Waals surface area contributed by atoms with Crippen LogP contribution in [0.3, 0.4) is 0 Å². The van der Waals surface area contributed by atoms with Gasteiger partial charge in [0.05, 0.1) is 11.7 Å². The van der Waals surface area contributed by atoms with Crippen molar-refractivity contribution in [3.8, 4) is 0 Å². The molecule has 2 aromatic rings. The fourth-order valence-corrected chi connectivity index (χ4v) is 1.36. The molecule has 2 rings (SSSR count). The molecule has 0 fully saturated rings. The number of nitrogens with two attached hydrogens (primary N) is 1. The molecule has 0 radical (unpaired) electrons. The third-order valence-corrected chi connectivity index (χ3v) is 2.23. The molecule has 0 spiro atoms. The molecule has 1 heterocycles. The van der Waals surface area contributed by atoms with Crippen molar-refractivity contribution >= 4 is 0 Å². The fraction of sp³-hybridized carbons (Fsp3) is 0.0909. The van der Waals surface area contributed by atoms with Gasteiger partial charge in [0.1, 0.15) is 6.33 Å². The number of hydrogen-bond donors (Lipinski definition) is 1. The van der Waals surface area contributed by atoms with Crippen LogP contribution in [-0.2, 0) is 0 Å². The van der Waals surface area contributed by atoms with Crippen molar-refractivity contribution < 1.29 is 8.78 Å². The van der Waals surface area contributed by atoms with E-state index in [9.17, 15) is 8.78 Å². The van der Waals surface area contributed by atoms with Gasteiger partial charge in [0.15, 0.2) is 11.6 Å². The number of halogens is 2. The third-order valence-electron chi connectivity index (χ3n) is 2.23. The molecule has 0 saturated carbocycles. The van der Waals surface area contributed by atoms with Crippen molar-refractivity contribution in [3.63, 3.8) is 0 Å². The monoisotopic (exact) mass is 221 g/mol. The van der Waals surface area contributed by atoms with E-state index in [2.05, 4.69) is 9.97 Å². The fourth-order valence-electron chi connectivity index (χ4n) is 1.36. The topological polar surface area (TPSA) is 51.8 Å². The standard InChI is InChI=1S/C11H9F2N3/c12-8-2-1-7(5-9(8)13)11(14)10-3-4-15-6-16-10/h1-6,11H,14H2. The average molecular weight is 221 g/mol. The van der Waals surface area contributed by atoms with Gasteiger partial charge in [0.2, 0.25) is 0 Å². The van der Waals surface area contributed by atoms with Crippen molar-refractivity contribution in [1.82, 2.24) is 9.97 Å². The van der Waals surface area contributed by atoms with Crippen LogP contribution < -0.4 is 5.73 Å². The van der Waals surface area contributed by atoms with Crippen molar-refractivity contribution in [1.29, 1.82) is 0 Å². The Bertz CT molecular complexity index is 488. The molecule has 0 aliphatic heterocycles. The molecule has 0 amide bonds. The second kappa shape index (κ2) is 4.32. The van der Waals surface area contributed by atoms with Crippen LogP contribution in [0.5, 0.6) is 0 Å². The molecule has 2 N–H and O–H groups in total. The lowest BCUT2D eigenvalue weighted by Gasteiger charge is -2.11. The Hall–Kier alpha value is -1.88. The second-order valence-corrected chi connectivity index (χ2v) is 3.29. The van der Waals surface area contributed by atoms with Crippen LogP contribution in [0.4, 0.5) is 8.78 Å². The minimum absolute atomic E-state index is 0.470. The Morgan fingerprint density at radius 1 is 1.12 bits per heavy atom. The van der Waals surface area contributed by atoms with Gasteiger partial charge in [-0.3, -0.25) is 0 Å². The van der Waals surface area contributed by atoms with Gasteiger partial charge < -0.3 is 5.73 Å². The van der Waals surface area contributed by atoms with Gasteiger partial charge in [-0.15, -0.1) is 0 Å². The van der Waals surface area contributed by atoms with Crippen molar-refractivity contribution in [2.75, 3.05) is 0 Å². The minimum Gasteiger partial charge on any atom is -0.319 e. The molecule has 16 heavy (non-hydrogen) atoms. The van der Waals surface area contributed by atoms with Crippen molar-refractivity contribution in [3.05, 3.63) is 59.7 Å². The smallest absolute Gasteiger partial charge is 0.159 e. The summed E-state index contributed by atoms with van der Waals surface area (Å²) in [6.45, 7) is 0. The maximum absolute atomic E-state index is 13.0. The van der Waals surface area contributed by atoms with Gasteiger partial charge in [-0.25, -0.2) is 18.7 Å². The molecule has 0 saturated heterocycles. The Morgan fingerprint density at radius 3 is 2.56 bits per heavy atom. The molecule has 0 aliphatic carbocycles. The first-order valence-electron chi connectivity index (χ1n) is 4.65. The maximum atomic E-state index is 13.0. The average Bonchev–Trinajstić information content (AvgIpc) is 2.33. The lowest BCUT2D eigenvalue weighted by molar-refractivity contribution is 0.506. The summed E-state index contributed by atoms with van der Waals surface area (Å²) < 4.78 is 25.7. The van der Waals surface area contributed by atoms with Gasteiger partial charge in [-0.05, 0) is 23.8 Å². The first-order valence-corrected chi connectivity index (χ1v) is 4.65. The molecule has 1 unspecified atom stereocenters. The van der Waals surface area contributed by atoms with E-state index in [0.717, 1.165) is 12.1 Å². The lowest BCUT2D eigenvalue weighted by atomic mass is 10.0. The van der Waals surface area contributed by atoms with Crippen molar-refractivity contribution in [2.45, 2.75) is 6.04 Å². The molecule has 3 nitrogen and oxygen atoms in total. The van der Waals surface area contributed by atoms with Gasteiger partial charge >= 0.3 is 0 Å². The molecular formula is C11H9F2N3. The highest BCUT2D eigenvalue weighted by Gasteiger charge is 2.12. The number of aromatic nitrogens is 2. The van der Waals surface area contributed by atoms with Gasteiger partial charge in [-0.2, -0.15) is 0 Å². The summed E-state index contributed by atoms with van der Waals surface area (Å²) in [6, 6.07) is 4.60. The van der Waals surface area contributed by atoms with Gasteiger partial charge in [0, 0.05) is 6.20 Å². The van der Waals surface area contributed by atoms with E-state index in [-0.39, 0.29) is 0 Å². The summed E-state index contributed by atoms with van der Waals surface area (Å²) in [7, 11) is 0. The summed E-state index contributed by atoms with van der Waals surface area (Å²) in [6.07, 6.45) is 2.90. The quantitative estimate of drug-likeness (QED) is 0.841. The molecule has 5 heteroatoms. The minimum atomic E-state index is -0.915. The summed E-state index contributed by atoms with van der Waals surface area (Å²) in [5.41, 5.74) is 6.88. The number of hydrogen-bond acceptors (Lipinski definition) is 3. The molecule has 82 valence electrons. The predicted octanol–water partition coefficient (Wildman–Crippen LogP) is 1.80. The Balaban J connectivity index is 2.34. The predicted molar refractivity (Wildman–Crippen MR) is 54.4 cm³/mol. The molecule has 1 aromatic carbocycles. The Kier molecular flexibility index (Phi) is 2.87. The number of benzene rings is 1. The van der Waals surface area contributed by atoms with Crippen LogP contribution in [0.2, 0.25) is 0 Å². The zero-order chi connectivity index (χ0) is 11.5. The zero-order valence-electron chi connectivity index (χ0n) is 8.27. The van der Waals surface area contributed by atoms with E-state index < -0.39 is 17.7 Å². The summed E-state index contributed by atoms with van der Waals surface area (Å²) >= 11 is 0. The van der Waals surface area contributed by atoms with E-state index in [1.807, 2.05) is 0 Å². The normalized spacial score (nSPS) is 12.4. The van der Waals surface area contributed by atoms with Crippen LogP contribution >= 0.6 is 0 Å². The van der Waals surface area contributed by atoms with E-state index in [1.54, 1.807) is 12.3 Å². The molecule has 1 atom stereocenters. The number of rotatable bonds is 2. The highest BCUT2D eigenvalue weighted by Crippen LogP contribution is 2.19. The van der Waals surface area contributed by atoms with E-state index in [1.165, 1.54) is 12.4 Å². The van der Waals surface area contributed by atoms with Crippen LogP contribution in [0, 0.1) is 11.6 Å². The molecule has 0 aliphatic rings. The molecular weight excluding hydrogens is 212 g/mol. The Labute approximate surface area is 91.0 Å². The van der Waals surface area contributed by atoms with Crippen LogP contribution in [-0.4, -0.2) is 9.97 Å². The first kappa shape index (κ1) is 10.6. The summed E-state index contributed by atoms with van der Waals surface area (Å²) in [4.78, 5) is 7.71. The molecule has 1 aromatic heterocycles. The van der Waals surface area contributed by atoms with E-state index in [0.29, 0.717) is 11.3 Å². The highest BCUT2D eigenvalue weighted by atomic mass is 19.2. The van der Waals surface area contributed by atoms with E-state index in [4.69, 9.17) is 5.73 Å². The summed E-state index contributed by atoms with van der Waals surface area (Å²) in [5.74, 6) is -1.80. The van der Waals surface area contributed by atoms with Crippen LogP contribution in [0.25, 0.3) is 0 Å². The van der Waals surface area contributed by atoms with Crippen molar-refractivity contribution in [2.24, 2.45) is 5.73 Å². The van der Waals surface area contributed by atoms with Gasteiger partial charge in [0.25, 0.3) is 0 Å². The van der Waals surface area contributed by atoms with Gasteiger partial charge in [-0.1, -0.05) is 6.07 Å². The number of nitrogens with zero attached hydrogens (tertiary/aromatic N) is 2. The van der Waals surface area contributed by atoms with E-state index >= 15 is 0 Å². The SMILES string of the molecule is NC(c1ccc(F)c(F)c1)c1ccncn1. The second-order valence-electron chi connectivity index (χ2n) is 3.29. The summed E-state index contributed by atoms with van der Waals surface area (Å²) in [5, 5.41) is 0. The zero-order valence-corrected chi connectivity index (χ0v) is 8.27. The molecule has 0 bridgehead atoms. The van der Waals surface area contributed by atoms with Crippen LogP contribution in [0.1, 0.15) is 17.3 Å². The lowest BCUT2D eigenvalue weighted by Crippen LogP contribution is -2.13. The van der Waals surface area contributed by atoms with Crippen LogP contribution in [0.15, 0.2) is 36.8 Å². The third kappa shape index (κ3) is 2.04.